The van der Waals surface area contributed by atoms with Crippen LogP contribution in [-0.4, -0.2) is 24.3 Å². The maximum absolute atomic E-state index is 14.1. The largest absolute Gasteiger partial charge is 0.457 e. The van der Waals surface area contributed by atoms with Crippen molar-refractivity contribution < 1.29 is 9.13 Å². The molecule has 0 saturated heterocycles. The molecule has 0 unspecified atom stereocenters. The van der Waals surface area contributed by atoms with Crippen LogP contribution >= 0.6 is 0 Å². The molecule has 4 heteroatoms. The number of aliphatic imine (C=N–C) groups is 1. The molecule has 0 aromatic heterocycles. The average molecular weight is 371 g/mol. The molecule has 0 bridgehead atoms. The highest BCUT2D eigenvalue weighted by Crippen LogP contribution is 2.34. The van der Waals surface area contributed by atoms with Crippen molar-refractivity contribution in [1.82, 2.24) is 4.90 Å². The summed E-state index contributed by atoms with van der Waals surface area (Å²) in [7, 11) is 0. The smallest absolute Gasteiger partial charge is 0.130 e. The molecule has 2 rings (SSSR count). The molecule has 0 aliphatic rings. The van der Waals surface area contributed by atoms with E-state index in [-0.39, 0.29) is 11.2 Å². The second kappa shape index (κ2) is 8.55. The minimum atomic E-state index is -0.280. The first-order chi connectivity index (χ1) is 12.7. The highest BCUT2D eigenvalue weighted by Gasteiger charge is 2.19. The van der Waals surface area contributed by atoms with Crippen molar-refractivity contribution in [3.05, 3.63) is 52.8 Å². The van der Waals surface area contributed by atoms with Crippen LogP contribution in [0.25, 0.3) is 0 Å². The monoisotopic (exact) mass is 370 g/mol. The maximum Gasteiger partial charge on any atom is 0.130 e. The maximum atomic E-state index is 14.1. The average Bonchev–Trinajstić information content (AvgIpc) is 2.60. The fraction of sp³-hybridized carbons (Fsp3) is 0.435. The Morgan fingerprint density at radius 1 is 1.04 bits per heavy atom. The van der Waals surface area contributed by atoms with Crippen LogP contribution in [0, 0.1) is 19.7 Å². The minimum absolute atomic E-state index is 0.205. The van der Waals surface area contributed by atoms with Crippen molar-refractivity contribution in [2.24, 2.45) is 4.99 Å². The molecule has 0 atom stereocenters. The Kier molecular flexibility index (Phi) is 6.63. The number of rotatable bonds is 6. The molecule has 27 heavy (non-hydrogen) atoms. The third-order valence-electron chi connectivity index (χ3n) is 4.64. The molecule has 0 aliphatic heterocycles. The summed E-state index contributed by atoms with van der Waals surface area (Å²) in [6, 6.07) is 8.95. The minimum Gasteiger partial charge on any atom is -0.457 e. The zero-order valence-corrected chi connectivity index (χ0v) is 17.6. The molecule has 0 saturated carbocycles. The summed E-state index contributed by atoms with van der Waals surface area (Å²) in [6.07, 6.45) is 1.89. The SMILES string of the molecule is CCN(C=Nc1cc(C)c(Oc2ccc(F)c(C(C)(C)C)c2)cc1C)CC. The highest BCUT2D eigenvalue weighted by atomic mass is 19.1. The summed E-state index contributed by atoms with van der Waals surface area (Å²) < 4.78 is 20.2. The number of ether oxygens (including phenoxy) is 1. The lowest BCUT2D eigenvalue weighted by Crippen LogP contribution is -2.20. The molecule has 0 radical (unpaired) electrons. The number of halogens is 1. The molecule has 3 nitrogen and oxygen atoms in total. The van der Waals surface area contributed by atoms with Crippen molar-refractivity contribution >= 4 is 12.0 Å². The molecular weight excluding hydrogens is 339 g/mol. The topological polar surface area (TPSA) is 24.8 Å². The summed E-state index contributed by atoms with van der Waals surface area (Å²) >= 11 is 0. The van der Waals surface area contributed by atoms with E-state index in [1.165, 1.54) is 6.07 Å². The third kappa shape index (κ3) is 5.31. The Labute approximate surface area is 162 Å². The first-order valence-electron chi connectivity index (χ1n) is 9.53. The van der Waals surface area contributed by atoms with Crippen LogP contribution in [0.15, 0.2) is 35.3 Å². The zero-order valence-electron chi connectivity index (χ0n) is 17.6. The fourth-order valence-electron chi connectivity index (χ4n) is 2.82. The molecule has 2 aromatic carbocycles. The van der Waals surface area contributed by atoms with E-state index in [1.807, 2.05) is 53.1 Å². The summed E-state index contributed by atoms with van der Waals surface area (Å²) in [6.45, 7) is 16.1. The van der Waals surface area contributed by atoms with Crippen LogP contribution in [0.1, 0.15) is 51.3 Å². The van der Waals surface area contributed by atoms with Gasteiger partial charge in [-0.25, -0.2) is 9.38 Å². The normalized spacial score (nSPS) is 11.9. The van der Waals surface area contributed by atoms with Crippen molar-refractivity contribution in [2.45, 2.75) is 53.9 Å². The molecule has 0 N–H and O–H groups in total. The molecule has 0 amide bonds. The van der Waals surface area contributed by atoms with E-state index in [0.717, 1.165) is 35.7 Å². The summed E-state index contributed by atoms with van der Waals surface area (Å²) in [5, 5.41) is 0. The highest BCUT2D eigenvalue weighted by molar-refractivity contribution is 5.65. The van der Waals surface area contributed by atoms with E-state index in [0.29, 0.717) is 11.3 Å². The van der Waals surface area contributed by atoms with E-state index in [2.05, 4.69) is 23.7 Å². The lowest BCUT2D eigenvalue weighted by Gasteiger charge is -2.21. The van der Waals surface area contributed by atoms with Gasteiger partial charge in [-0.15, -0.1) is 0 Å². The first kappa shape index (κ1) is 20.9. The van der Waals surface area contributed by atoms with Crippen molar-refractivity contribution in [3.8, 4) is 11.5 Å². The van der Waals surface area contributed by atoms with Crippen molar-refractivity contribution in [2.75, 3.05) is 13.1 Å². The standard InChI is InChI=1S/C23H31FN2O/c1-8-26(9-2)15-25-21-12-17(4)22(13-16(21)3)27-18-10-11-20(24)19(14-18)23(5,6)7/h10-15H,8-9H2,1-7H3. The first-order valence-corrected chi connectivity index (χ1v) is 9.53. The van der Waals surface area contributed by atoms with Gasteiger partial charge in [0.2, 0.25) is 0 Å². The Morgan fingerprint density at radius 2 is 1.70 bits per heavy atom. The third-order valence-corrected chi connectivity index (χ3v) is 4.64. The van der Waals surface area contributed by atoms with Gasteiger partial charge in [-0.1, -0.05) is 20.8 Å². The molecular formula is C23H31FN2O. The van der Waals surface area contributed by atoms with Crippen molar-refractivity contribution in [3.63, 3.8) is 0 Å². The Bertz CT molecular complexity index is 818. The number of benzene rings is 2. The van der Waals surface area contributed by atoms with Gasteiger partial charge < -0.3 is 9.64 Å². The van der Waals surface area contributed by atoms with Crippen LogP contribution in [0.3, 0.4) is 0 Å². The Morgan fingerprint density at radius 3 is 2.30 bits per heavy atom. The van der Waals surface area contributed by atoms with Gasteiger partial charge in [-0.05, 0) is 80.1 Å². The van der Waals surface area contributed by atoms with Crippen LogP contribution in [0.5, 0.6) is 11.5 Å². The van der Waals surface area contributed by atoms with Crippen LogP contribution in [0.2, 0.25) is 0 Å². The molecule has 0 fully saturated rings. The van der Waals surface area contributed by atoms with Gasteiger partial charge in [0.1, 0.15) is 17.3 Å². The van der Waals surface area contributed by atoms with E-state index < -0.39 is 0 Å². The second-order valence-corrected chi connectivity index (χ2v) is 7.86. The van der Waals surface area contributed by atoms with E-state index in [1.54, 1.807) is 12.1 Å². The van der Waals surface area contributed by atoms with Gasteiger partial charge in [0.15, 0.2) is 0 Å². The van der Waals surface area contributed by atoms with E-state index in [4.69, 9.17) is 4.74 Å². The Hall–Kier alpha value is -2.36. The predicted molar refractivity (Wildman–Crippen MR) is 112 cm³/mol. The number of hydrogen-bond donors (Lipinski definition) is 0. The van der Waals surface area contributed by atoms with Gasteiger partial charge in [-0.2, -0.15) is 0 Å². The van der Waals surface area contributed by atoms with E-state index >= 15 is 0 Å². The van der Waals surface area contributed by atoms with E-state index in [9.17, 15) is 4.39 Å². The van der Waals surface area contributed by atoms with Crippen LogP contribution in [-0.2, 0) is 5.41 Å². The van der Waals surface area contributed by atoms with Gasteiger partial charge >= 0.3 is 0 Å². The summed E-state index contributed by atoms with van der Waals surface area (Å²) in [4.78, 5) is 6.76. The number of hydrogen-bond acceptors (Lipinski definition) is 2. The molecule has 0 aliphatic carbocycles. The van der Waals surface area contributed by atoms with Crippen molar-refractivity contribution in [1.29, 1.82) is 0 Å². The van der Waals surface area contributed by atoms with Gasteiger partial charge in [0.05, 0.1) is 12.0 Å². The number of nitrogens with zero attached hydrogens (tertiary/aromatic N) is 2. The lowest BCUT2D eigenvalue weighted by atomic mass is 9.86. The van der Waals surface area contributed by atoms with Gasteiger partial charge in [0.25, 0.3) is 0 Å². The van der Waals surface area contributed by atoms with Crippen LogP contribution < -0.4 is 4.74 Å². The Balaban J connectivity index is 2.30. The lowest BCUT2D eigenvalue weighted by molar-refractivity contribution is 0.466. The molecule has 2 aromatic rings. The fourth-order valence-corrected chi connectivity index (χ4v) is 2.82. The van der Waals surface area contributed by atoms with Gasteiger partial charge in [0, 0.05) is 13.1 Å². The number of aryl methyl sites for hydroxylation is 2. The quantitative estimate of drug-likeness (QED) is 0.426. The summed E-state index contributed by atoms with van der Waals surface area (Å²) in [5.41, 5.74) is 3.33. The van der Waals surface area contributed by atoms with Crippen LogP contribution in [0.4, 0.5) is 10.1 Å². The molecule has 0 spiro atoms. The predicted octanol–water partition coefficient (Wildman–Crippen LogP) is 6.53. The second-order valence-electron chi connectivity index (χ2n) is 7.86. The summed E-state index contributed by atoms with van der Waals surface area (Å²) in [5.74, 6) is 1.20. The van der Waals surface area contributed by atoms with Gasteiger partial charge in [-0.3, -0.25) is 0 Å². The molecule has 146 valence electrons. The molecule has 0 heterocycles. The zero-order chi connectivity index (χ0) is 20.2.